The Hall–Kier alpha value is -2.66. The average Bonchev–Trinajstić information content (AvgIpc) is 2.93. The average molecular weight is 339 g/mol. The molecule has 5 nitrogen and oxygen atoms in total. The molecular formula is C20H21NO4. The highest BCUT2D eigenvalue weighted by Crippen LogP contribution is 2.44. The maximum absolute atomic E-state index is 12.3. The molecule has 1 aliphatic carbocycles. The van der Waals surface area contributed by atoms with Crippen LogP contribution in [0.4, 0.5) is 0 Å². The molecule has 0 aliphatic heterocycles. The number of rotatable bonds is 6. The number of hydrogen-bond acceptors (Lipinski definition) is 4. The first-order chi connectivity index (χ1) is 12.0. The van der Waals surface area contributed by atoms with Crippen molar-refractivity contribution in [2.75, 3.05) is 6.61 Å². The van der Waals surface area contributed by atoms with Gasteiger partial charge < -0.3 is 15.6 Å². The van der Waals surface area contributed by atoms with Gasteiger partial charge in [-0.3, -0.25) is 0 Å². The summed E-state index contributed by atoms with van der Waals surface area (Å²) in [5, 5.41) is 9.32. The highest BCUT2D eigenvalue weighted by Gasteiger charge is 2.43. The minimum Gasteiger partial charge on any atom is -0.479 e. The summed E-state index contributed by atoms with van der Waals surface area (Å²) in [4.78, 5) is 23.8. The molecule has 5 heteroatoms. The van der Waals surface area contributed by atoms with Crippen molar-refractivity contribution in [1.82, 2.24) is 0 Å². The van der Waals surface area contributed by atoms with Gasteiger partial charge in [0, 0.05) is 5.92 Å². The number of carbonyl (C=O) groups excluding carboxylic acids is 1. The fourth-order valence-electron chi connectivity index (χ4n) is 3.42. The molecule has 0 heterocycles. The van der Waals surface area contributed by atoms with Crippen LogP contribution in [-0.2, 0) is 14.3 Å². The lowest BCUT2D eigenvalue weighted by Crippen LogP contribution is -2.55. The molecule has 0 radical (unpaired) electrons. The highest BCUT2D eigenvalue weighted by molar-refractivity contribution is 6.03. The second-order valence-electron chi connectivity index (χ2n) is 6.35. The third-order valence-corrected chi connectivity index (χ3v) is 4.73. The van der Waals surface area contributed by atoms with Crippen LogP contribution < -0.4 is 5.73 Å². The molecule has 0 aromatic heterocycles. The summed E-state index contributed by atoms with van der Waals surface area (Å²) in [5.74, 6) is -2.36. The molecule has 0 saturated carbocycles. The normalized spacial score (nSPS) is 15.1. The lowest BCUT2D eigenvalue weighted by Gasteiger charge is -2.23. The lowest BCUT2D eigenvalue weighted by atomic mass is 9.94. The van der Waals surface area contributed by atoms with E-state index in [1.807, 2.05) is 48.5 Å². The maximum atomic E-state index is 12.3. The van der Waals surface area contributed by atoms with Gasteiger partial charge in [0.05, 0.1) is 0 Å². The SMILES string of the molecule is CCCC(N)(C(=O)O)C(=O)OCC1c2ccccc2-c2ccccc21. The van der Waals surface area contributed by atoms with Crippen LogP contribution in [0.5, 0.6) is 0 Å². The molecule has 1 aliphatic rings. The summed E-state index contributed by atoms with van der Waals surface area (Å²) < 4.78 is 5.37. The van der Waals surface area contributed by atoms with Gasteiger partial charge in [-0.2, -0.15) is 0 Å². The zero-order chi connectivity index (χ0) is 18.0. The predicted molar refractivity (Wildman–Crippen MR) is 94.1 cm³/mol. The van der Waals surface area contributed by atoms with Gasteiger partial charge in [-0.25, -0.2) is 9.59 Å². The maximum Gasteiger partial charge on any atom is 0.337 e. The van der Waals surface area contributed by atoms with Crippen molar-refractivity contribution >= 4 is 11.9 Å². The summed E-state index contributed by atoms with van der Waals surface area (Å²) in [6, 6.07) is 15.9. The summed E-state index contributed by atoms with van der Waals surface area (Å²) in [7, 11) is 0. The van der Waals surface area contributed by atoms with E-state index in [1.165, 1.54) is 0 Å². The van der Waals surface area contributed by atoms with Gasteiger partial charge in [-0.05, 0) is 28.7 Å². The van der Waals surface area contributed by atoms with Gasteiger partial charge in [0.25, 0.3) is 0 Å². The number of nitrogens with two attached hydrogens (primary N) is 1. The molecule has 2 aromatic carbocycles. The number of carbonyl (C=O) groups is 2. The molecule has 25 heavy (non-hydrogen) atoms. The Bertz CT molecular complexity index is 771. The smallest absolute Gasteiger partial charge is 0.337 e. The first-order valence-corrected chi connectivity index (χ1v) is 8.36. The Labute approximate surface area is 146 Å². The van der Waals surface area contributed by atoms with Crippen molar-refractivity contribution < 1.29 is 19.4 Å². The Balaban J connectivity index is 1.84. The predicted octanol–water partition coefficient (Wildman–Crippen LogP) is 2.92. The van der Waals surface area contributed by atoms with Crippen LogP contribution in [0, 0.1) is 0 Å². The molecule has 130 valence electrons. The number of carboxylic acid groups (broad SMARTS) is 1. The van der Waals surface area contributed by atoms with Crippen LogP contribution in [0.2, 0.25) is 0 Å². The van der Waals surface area contributed by atoms with Crippen molar-refractivity contribution in [1.29, 1.82) is 0 Å². The van der Waals surface area contributed by atoms with E-state index in [0.717, 1.165) is 22.3 Å². The van der Waals surface area contributed by atoms with Gasteiger partial charge in [0.15, 0.2) is 0 Å². The number of esters is 1. The number of ether oxygens (including phenoxy) is 1. The molecule has 1 atom stereocenters. The van der Waals surface area contributed by atoms with E-state index in [-0.39, 0.29) is 18.9 Å². The minimum absolute atomic E-state index is 0.0407. The number of fused-ring (bicyclic) bond motifs is 3. The third kappa shape index (κ3) is 2.91. The fourth-order valence-corrected chi connectivity index (χ4v) is 3.42. The van der Waals surface area contributed by atoms with Crippen molar-refractivity contribution in [3.63, 3.8) is 0 Å². The Morgan fingerprint density at radius 2 is 1.60 bits per heavy atom. The molecule has 0 amide bonds. The van der Waals surface area contributed by atoms with E-state index in [1.54, 1.807) is 6.92 Å². The van der Waals surface area contributed by atoms with Gasteiger partial charge >= 0.3 is 11.9 Å². The molecular weight excluding hydrogens is 318 g/mol. The van der Waals surface area contributed by atoms with E-state index in [0.29, 0.717) is 6.42 Å². The van der Waals surface area contributed by atoms with E-state index in [9.17, 15) is 14.7 Å². The van der Waals surface area contributed by atoms with Crippen molar-refractivity contribution in [3.05, 3.63) is 59.7 Å². The van der Waals surface area contributed by atoms with Crippen LogP contribution in [0.3, 0.4) is 0 Å². The first-order valence-electron chi connectivity index (χ1n) is 8.36. The molecule has 3 N–H and O–H groups in total. The molecule has 0 fully saturated rings. The summed E-state index contributed by atoms with van der Waals surface area (Å²) in [5.41, 5.74) is 8.18. The standard InChI is InChI=1S/C20H21NO4/c1-2-11-20(21,18(22)23)19(24)25-12-17-15-9-5-3-7-13(15)14-8-4-6-10-16(14)17/h3-10,17H,2,11-12,21H2,1H3,(H,22,23). The van der Waals surface area contributed by atoms with E-state index in [2.05, 4.69) is 0 Å². The third-order valence-electron chi connectivity index (χ3n) is 4.73. The van der Waals surface area contributed by atoms with Gasteiger partial charge in [-0.15, -0.1) is 0 Å². The van der Waals surface area contributed by atoms with E-state index >= 15 is 0 Å². The zero-order valence-electron chi connectivity index (χ0n) is 14.1. The molecule has 1 unspecified atom stereocenters. The molecule has 2 aromatic rings. The fraction of sp³-hybridized carbons (Fsp3) is 0.300. The van der Waals surface area contributed by atoms with Crippen LogP contribution in [0.25, 0.3) is 11.1 Å². The van der Waals surface area contributed by atoms with Crippen molar-refractivity contribution in [3.8, 4) is 11.1 Å². The lowest BCUT2D eigenvalue weighted by molar-refractivity contribution is -0.161. The first kappa shape index (κ1) is 17.2. The van der Waals surface area contributed by atoms with Gasteiger partial charge in [-0.1, -0.05) is 61.9 Å². The molecule has 3 rings (SSSR count). The molecule has 0 spiro atoms. The van der Waals surface area contributed by atoms with Crippen LogP contribution in [0.15, 0.2) is 48.5 Å². The Kier molecular flexibility index (Phi) is 4.59. The van der Waals surface area contributed by atoms with Gasteiger partial charge in [0.1, 0.15) is 6.61 Å². The summed E-state index contributed by atoms with van der Waals surface area (Å²) in [6.07, 6.45) is 0.520. The number of benzene rings is 2. The van der Waals surface area contributed by atoms with Crippen LogP contribution >= 0.6 is 0 Å². The largest absolute Gasteiger partial charge is 0.479 e. The monoisotopic (exact) mass is 339 g/mol. The Morgan fingerprint density at radius 3 is 2.08 bits per heavy atom. The van der Waals surface area contributed by atoms with Crippen LogP contribution in [0.1, 0.15) is 36.8 Å². The zero-order valence-corrected chi connectivity index (χ0v) is 14.1. The topological polar surface area (TPSA) is 89.6 Å². The van der Waals surface area contributed by atoms with Gasteiger partial charge in [0.2, 0.25) is 5.54 Å². The van der Waals surface area contributed by atoms with Crippen LogP contribution in [-0.4, -0.2) is 29.2 Å². The quantitative estimate of drug-likeness (QED) is 0.624. The van der Waals surface area contributed by atoms with Crippen molar-refractivity contribution in [2.45, 2.75) is 31.2 Å². The summed E-state index contributed by atoms with van der Waals surface area (Å²) in [6.45, 7) is 1.85. The number of aliphatic carboxylic acids is 1. The highest BCUT2D eigenvalue weighted by atomic mass is 16.5. The second-order valence-corrected chi connectivity index (χ2v) is 6.35. The second kappa shape index (κ2) is 6.69. The number of hydrogen-bond donors (Lipinski definition) is 2. The summed E-state index contributed by atoms with van der Waals surface area (Å²) >= 11 is 0. The Morgan fingerprint density at radius 1 is 1.08 bits per heavy atom. The molecule has 0 bridgehead atoms. The van der Waals surface area contributed by atoms with E-state index in [4.69, 9.17) is 10.5 Å². The molecule has 0 saturated heterocycles. The number of carboxylic acids is 1. The minimum atomic E-state index is -1.99. The van der Waals surface area contributed by atoms with Crippen molar-refractivity contribution in [2.24, 2.45) is 5.73 Å². The van der Waals surface area contributed by atoms with E-state index < -0.39 is 17.5 Å².